The Bertz CT molecular complexity index is 569. The highest BCUT2D eigenvalue weighted by Gasteiger charge is 2.54. The molecule has 1 saturated heterocycles. The Morgan fingerprint density at radius 2 is 1.87 bits per heavy atom. The molecule has 1 aromatic rings. The van der Waals surface area contributed by atoms with Crippen LogP contribution in [0, 0.1) is 0 Å². The standard InChI is InChI=1S/C14H15F5N2O2/c15-11(16)9-2-1-3-10(8-9)20-12(22)21-6-4-13(23,5-7-21)14(17,18)19/h1-3,8,11,23H,4-7H2,(H,20,22). The molecule has 0 aromatic heterocycles. The van der Waals surface area contributed by atoms with Crippen LogP contribution in [0.4, 0.5) is 32.4 Å². The quantitative estimate of drug-likeness (QED) is 0.811. The number of hydrogen-bond donors (Lipinski definition) is 2. The number of likely N-dealkylation sites (tertiary alicyclic amines) is 1. The van der Waals surface area contributed by atoms with Gasteiger partial charge in [0.05, 0.1) is 0 Å². The molecule has 0 bridgehead atoms. The van der Waals surface area contributed by atoms with Crippen molar-refractivity contribution in [2.75, 3.05) is 18.4 Å². The number of benzene rings is 1. The van der Waals surface area contributed by atoms with Crippen LogP contribution in [0.2, 0.25) is 0 Å². The summed E-state index contributed by atoms with van der Waals surface area (Å²) in [5.74, 6) is 0. The zero-order valence-corrected chi connectivity index (χ0v) is 11.9. The minimum atomic E-state index is -4.75. The zero-order valence-electron chi connectivity index (χ0n) is 11.9. The summed E-state index contributed by atoms with van der Waals surface area (Å²) >= 11 is 0. The van der Waals surface area contributed by atoms with E-state index >= 15 is 0 Å². The van der Waals surface area contributed by atoms with Gasteiger partial charge in [0, 0.05) is 37.2 Å². The molecule has 0 spiro atoms. The molecule has 0 aliphatic carbocycles. The second-order valence-corrected chi connectivity index (χ2v) is 5.37. The van der Waals surface area contributed by atoms with Crippen molar-refractivity contribution in [3.05, 3.63) is 29.8 Å². The smallest absolute Gasteiger partial charge is 0.380 e. The van der Waals surface area contributed by atoms with Crippen molar-refractivity contribution < 1.29 is 31.9 Å². The van der Waals surface area contributed by atoms with Gasteiger partial charge in [-0.3, -0.25) is 0 Å². The van der Waals surface area contributed by atoms with E-state index < -0.39 is 37.1 Å². The number of carbonyl (C=O) groups is 1. The number of halogens is 5. The molecule has 9 heteroatoms. The topological polar surface area (TPSA) is 52.6 Å². The molecule has 4 nitrogen and oxygen atoms in total. The maximum absolute atomic E-state index is 12.7. The van der Waals surface area contributed by atoms with Gasteiger partial charge in [-0.2, -0.15) is 13.2 Å². The highest BCUT2D eigenvalue weighted by Crippen LogP contribution is 2.38. The number of nitrogens with one attached hydrogen (secondary N) is 1. The molecule has 2 amide bonds. The first-order valence-corrected chi connectivity index (χ1v) is 6.85. The van der Waals surface area contributed by atoms with Gasteiger partial charge in [-0.25, -0.2) is 13.6 Å². The fourth-order valence-corrected chi connectivity index (χ4v) is 2.32. The van der Waals surface area contributed by atoms with E-state index in [9.17, 15) is 31.9 Å². The van der Waals surface area contributed by atoms with Crippen LogP contribution in [-0.4, -0.2) is 40.9 Å². The van der Waals surface area contributed by atoms with E-state index in [1.165, 1.54) is 18.2 Å². The monoisotopic (exact) mass is 338 g/mol. The summed E-state index contributed by atoms with van der Waals surface area (Å²) in [7, 11) is 0. The third-order valence-corrected chi connectivity index (χ3v) is 3.80. The number of aliphatic hydroxyl groups is 1. The minimum absolute atomic E-state index is 0.129. The number of nitrogens with zero attached hydrogens (tertiary/aromatic N) is 1. The largest absolute Gasteiger partial charge is 0.417 e. The molecule has 1 aromatic carbocycles. The predicted octanol–water partition coefficient (Wildman–Crippen LogP) is 3.55. The number of piperidine rings is 1. The molecule has 0 atom stereocenters. The van der Waals surface area contributed by atoms with Gasteiger partial charge in [-0.15, -0.1) is 0 Å². The molecule has 1 fully saturated rings. The minimum Gasteiger partial charge on any atom is -0.380 e. The Hall–Kier alpha value is -1.90. The van der Waals surface area contributed by atoms with Crippen molar-refractivity contribution in [2.24, 2.45) is 0 Å². The lowest BCUT2D eigenvalue weighted by Gasteiger charge is -2.39. The number of carbonyl (C=O) groups excluding carboxylic acids is 1. The molecule has 128 valence electrons. The van der Waals surface area contributed by atoms with Gasteiger partial charge in [0.2, 0.25) is 0 Å². The molecule has 1 heterocycles. The van der Waals surface area contributed by atoms with Crippen molar-refractivity contribution in [3.8, 4) is 0 Å². The van der Waals surface area contributed by atoms with Gasteiger partial charge >= 0.3 is 12.2 Å². The molecule has 2 rings (SSSR count). The van der Waals surface area contributed by atoms with Gasteiger partial charge in [-0.1, -0.05) is 12.1 Å². The number of rotatable bonds is 2. The first-order valence-electron chi connectivity index (χ1n) is 6.85. The third kappa shape index (κ3) is 3.90. The van der Waals surface area contributed by atoms with E-state index in [0.717, 1.165) is 11.0 Å². The Morgan fingerprint density at radius 1 is 1.26 bits per heavy atom. The van der Waals surface area contributed by atoms with Crippen LogP contribution in [-0.2, 0) is 0 Å². The molecule has 1 aliphatic rings. The first kappa shape index (κ1) is 17.5. The van der Waals surface area contributed by atoms with Crippen LogP contribution in [0.25, 0.3) is 0 Å². The third-order valence-electron chi connectivity index (χ3n) is 3.80. The van der Waals surface area contributed by atoms with E-state index in [0.29, 0.717) is 0 Å². The summed E-state index contributed by atoms with van der Waals surface area (Å²) in [6, 6.07) is 4.35. The van der Waals surface area contributed by atoms with Gasteiger partial charge < -0.3 is 15.3 Å². The first-order chi connectivity index (χ1) is 10.6. The van der Waals surface area contributed by atoms with Crippen molar-refractivity contribution in [1.29, 1.82) is 0 Å². The SMILES string of the molecule is O=C(Nc1cccc(C(F)F)c1)N1CCC(O)(C(F)(F)F)CC1. The lowest BCUT2D eigenvalue weighted by molar-refractivity contribution is -0.271. The molecule has 23 heavy (non-hydrogen) atoms. The zero-order chi connectivity index (χ0) is 17.3. The Balaban J connectivity index is 1.97. The van der Waals surface area contributed by atoms with E-state index in [2.05, 4.69) is 5.32 Å². The highest BCUT2D eigenvalue weighted by molar-refractivity contribution is 5.89. The Kier molecular flexibility index (Phi) is 4.79. The molecule has 0 saturated carbocycles. The molecular formula is C14H15F5N2O2. The summed E-state index contributed by atoms with van der Waals surface area (Å²) in [6.45, 7) is -0.563. The van der Waals surface area contributed by atoms with Gasteiger partial charge in [0.25, 0.3) is 6.43 Å². The second-order valence-electron chi connectivity index (χ2n) is 5.37. The predicted molar refractivity (Wildman–Crippen MR) is 72.2 cm³/mol. The van der Waals surface area contributed by atoms with Gasteiger partial charge in [0.1, 0.15) is 0 Å². The summed E-state index contributed by atoms with van der Waals surface area (Å²) in [6.07, 6.45) is -8.69. The number of alkyl halides is 5. The average molecular weight is 338 g/mol. The number of hydrogen-bond acceptors (Lipinski definition) is 2. The Labute approximate surface area is 128 Å². The molecule has 0 unspecified atom stereocenters. The normalized spacial score (nSPS) is 18.1. The second kappa shape index (κ2) is 6.31. The summed E-state index contributed by atoms with van der Waals surface area (Å²) in [5.41, 5.74) is -2.93. The summed E-state index contributed by atoms with van der Waals surface area (Å²) in [4.78, 5) is 13.1. The fourth-order valence-electron chi connectivity index (χ4n) is 2.32. The van der Waals surface area contributed by atoms with E-state index in [-0.39, 0.29) is 24.3 Å². The maximum atomic E-state index is 12.7. The van der Waals surface area contributed by atoms with Crippen molar-refractivity contribution in [3.63, 3.8) is 0 Å². The van der Waals surface area contributed by atoms with Crippen molar-refractivity contribution >= 4 is 11.7 Å². The van der Waals surface area contributed by atoms with Crippen LogP contribution < -0.4 is 5.32 Å². The highest BCUT2D eigenvalue weighted by atomic mass is 19.4. The number of anilines is 1. The number of urea groups is 1. The van der Waals surface area contributed by atoms with E-state index in [4.69, 9.17) is 0 Å². The van der Waals surface area contributed by atoms with Crippen LogP contribution in [0.1, 0.15) is 24.8 Å². The fraction of sp³-hybridized carbons (Fsp3) is 0.500. The van der Waals surface area contributed by atoms with Crippen molar-refractivity contribution in [2.45, 2.75) is 31.0 Å². The van der Waals surface area contributed by atoms with E-state index in [1.54, 1.807) is 0 Å². The molecule has 1 aliphatic heterocycles. The molecular weight excluding hydrogens is 323 g/mol. The van der Waals surface area contributed by atoms with Crippen LogP contribution in [0.3, 0.4) is 0 Å². The summed E-state index contributed by atoms with van der Waals surface area (Å²) in [5, 5.41) is 11.9. The number of amides is 2. The van der Waals surface area contributed by atoms with E-state index in [1.807, 2.05) is 0 Å². The van der Waals surface area contributed by atoms with Crippen LogP contribution >= 0.6 is 0 Å². The lowest BCUT2D eigenvalue weighted by Crippen LogP contribution is -2.55. The summed E-state index contributed by atoms with van der Waals surface area (Å²) < 4.78 is 63.2. The van der Waals surface area contributed by atoms with Crippen molar-refractivity contribution in [1.82, 2.24) is 4.90 Å². The molecule has 2 N–H and O–H groups in total. The maximum Gasteiger partial charge on any atom is 0.417 e. The lowest BCUT2D eigenvalue weighted by atomic mass is 9.91. The van der Waals surface area contributed by atoms with Crippen LogP contribution in [0.5, 0.6) is 0 Å². The average Bonchev–Trinajstić information content (AvgIpc) is 2.47. The van der Waals surface area contributed by atoms with Gasteiger partial charge in [-0.05, 0) is 12.1 Å². The van der Waals surface area contributed by atoms with Crippen LogP contribution in [0.15, 0.2) is 24.3 Å². The molecule has 0 radical (unpaired) electrons. The van der Waals surface area contributed by atoms with Gasteiger partial charge in [0.15, 0.2) is 5.60 Å². The Morgan fingerprint density at radius 3 is 2.39 bits per heavy atom.